The summed E-state index contributed by atoms with van der Waals surface area (Å²) in [6.45, 7) is 3.47. The van der Waals surface area contributed by atoms with Crippen LogP contribution in [0.4, 0.5) is 0 Å². The third-order valence-electron chi connectivity index (χ3n) is 8.25. The van der Waals surface area contributed by atoms with E-state index < -0.39 is 45.4 Å². The zero-order valence-electron chi connectivity index (χ0n) is 20.1. The van der Waals surface area contributed by atoms with Crippen LogP contribution in [0.1, 0.15) is 11.1 Å². The molecular weight excluding hydrogens is 647 g/mol. The minimum atomic E-state index is -0.483. The van der Waals surface area contributed by atoms with Gasteiger partial charge >= 0.3 is 0 Å². The Balaban J connectivity index is 0.00000253. The molecule has 0 aliphatic heterocycles. The van der Waals surface area contributed by atoms with Crippen LogP contribution in [-0.2, 0) is 0 Å². The van der Waals surface area contributed by atoms with Crippen molar-refractivity contribution in [2.45, 2.75) is 13.8 Å². The first-order chi connectivity index (χ1) is 18.0. The second-order valence-electron chi connectivity index (χ2n) is 10.2. The van der Waals surface area contributed by atoms with Crippen LogP contribution in [0, 0.1) is 52.5 Å². The number of phenolic OH excluding ortho intramolecular Hbond substituents is 6. The molecule has 0 saturated carbocycles. The molecule has 0 fully saturated rings. The Morgan fingerprint density at radius 2 is 0.667 bits per heavy atom. The van der Waals surface area contributed by atoms with Gasteiger partial charge in [0.2, 0.25) is 0 Å². The molecule has 0 atom stereocenters. The topological polar surface area (TPSA) is 156 Å². The second kappa shape index (κ2) is 7.16. The molecule has 0 unspecified atom stereocenters. The second-order valence-corrected chi connectivity index (χ2v) is 10.2. The molecule has 0 bridgehead atoms. The molecule has 0 aromatic heterocycles. The van der Waals surface area contributed by atoms with Crippen LogP contribution in [0.3, 0.4) is 0 Å². The smallest absolute Gasteiger partial charge is 0.190 e. The van der Waals surface area contributed by atoms with Crippen LogP contribution in [-0.4, -0.2) is 30.6 Å². The van der Waals surface area contributed by atoms with Gasteiger partial charge in [0.1, 0.15) is 34.5 Å². The van der Waals surface area contributed by atoms with Crippen molar-refractivity contribution in [3.05, 3.63) is 55.8 Å². The van der Waals surface area contributed by atoms with Crippen LogP contribution in [0.15, 0.2) is 33.9 Å². The van der Waals surface area contributed by atoms with E-state index in [4.69, 9.17) is 0 Å². The fraction of sp³-hybridized carbons (Fsp3) is 0.0667. The van der Waals surface area contributed by atoms with Gasteiger partial charge in [-0.05, 0) is 47.9 Å². The first-order valence-corrected chi connectivity index (χ1v) is 11.8. The van der Waals surface area contributed by atoms with Crippen LogP contribution in [0.5, 0.6) is 34.5 Å². The molecule has 0 heterocycles. The van der Waals surface area contributed by atoms with Gasteiger partial charge in [-0.15, -0.1) is 0 Å². The molecule has 0 aliphatic carbocycles. The van der Waals surface area contributed by atoms with Crippen molar-refractivity contribution in [2.75, 3.05) is 0 Å². The molecule has 8 aromatic rings. The molecule has 8 nitrogen and oxygen atoms in total. The van der Waals surface area contributed by atoms with Gasteiger partial charge in [0.25, 0.3) is 0 Å². The van der Waals surface area contributed by atoms with Gasteiger partial charge in [-0.2, -0.15) is 0 Å². The first-order valence-electron chi connectivity index (χ1n) is 11.8. The van der Waals surface area contributed by atoms with Crippen molar-refractivity contribution in [2.24, 2.45) is 0 Å². The number of phenols is 6. The molecule has 0 spiro atoms. The van der Waals surface area contributed by atoms with E-state index in [0.29, 0.717) is 43.4 Å². The maximum absolute atomic E-state index is 13.4. The molecule has 0 saturated heterocycles. The normalized spacial score (nSPS) is 12.5. The van der Waals surface area contributed by atoms with Gasteiger partial charge in [-0.25, -0.2) is 0 Å². The predicted molar refractivity (Wildman–Crippen MR) is 146 cm³/mol. The standard InChI is InChI=1S/C30H16O8.Tb/c1-7-3-9(31)19-23-15(7)16-8(2)4-10(32)20-24(16)28-26-18(12(34)6-14(36)22(26)30(20)38)17-11(33)5-13(35)21(29(19)37)25(17)27(23)28;/h3-6,33-38H,1-2H3;. The van der Waals surface area contributed by atoms with E-state index in [0.717, 1.165) is 12.1 Å². The zero-order chi connectivity index (χ0) is 26.7. The van der Waals surface area contributed by atoms with Crippen molar-refractivity contribution in [1.82, 2.24) is 0 Å². The Morgan fingerprint density at radius 3 is 1.03 bits per heavy atom. The summed E-state index contributed by atoms with van der Waals surface area (Å²) in [5.74, 6) is -2.75. The number of benzene rings is 8. The van der Waals surface area contributed by atoms with Crippen molar-refractivity contribution >= 4 is 75.4 Å². The van der Waals surface area contributed by atoms with E-state index in [1.54, 1.807) is 13.8 Å². The summed E-state index contributed by atoms with van der Waals surface area (Å²) in [6.07, 6.45) is 0. The quantitative estimate of drug-likeness (QED) is 0.0970. The molecule has 193 valence electrons. The van der Waals surface area contributed by atoms with Crippen LogP contribution in [0.2, 0.25) is 0 Å². The fourth-order valence-electron chi connectivity index (χ4n) is 6.98. The molecule has 9 heteroatoms. The van der Waals surface area contributed by atoms with E-state index in [1.807, 2.05) is 0 Å². The van der Waals surface area contributed by atoms with Crippen LogP contribution in [0.25, 0.3) is 75.4 Å². The minimum Gasteiger partial charge on any atom is -0.507 e. The summed E-state index contributed by atoms with van der Waals surface area (Å²) in [4.78, 5) is 26.7. The van der Waals surface area contributed by atoms with Crippen LogP contribution >= 0.6 is 0 Å². The first kappa shape index (κ1) is 24.1. The summed E-state index contributed by atoms with van der Waals surface area (Å²) >= 11 is 0. The SMILES string of the molecule is Cc1cc(=O)c2c(O)c3c(O)cc(O)c4c5c(O)cc(O)c6c(O)c7c(=O)cc(C)c8c1c2c(c34)c(c65)c78.[Tb]. The van der Waals surface area contributed by atoms with Gasteiger partial charge in [0, 0.05) is 93.8 Å². The largest absolute Gasteiger partial charge is 0.507 e. The number of aryl methyl sites for hydroxylation is 2. The van der Waals surface area contributed by atoms with Crippen molar-refractivity contribution in [3.8, 4) is 34.5 Å². The summed E-state index contributed by atoms with van der Waals surface area (Å²) in [6, 6.07) is 4.77. The molecule has 6 N–H and O–H groups in total. The molecule has 0 aliphatic rings. The number of fused-ring (bicyclic) bond motifs is 2. The molecule has 39 heavy (non-hydrogen) atoms. The van der Waals surface area contributed by atoms with E-state index in [1.165, 1.54) is 12.1 Å². The number of rotatable bonds is 0. The Kier molecular flexibility index (Phi) is 4.43. The minimum absolute atomic E-state index is 0. The van der Waals surface area contributed by atoms with E-state index >= 15 is 0 Å². The average molecular weight is 663 g/mol. The van der Waals surface area contributed by atoms with Crippen molar-refractivity contribution in [3.63, 3.8) is 0 Å². The van der Waals surface area contributed by atoms with Gasteiger partial charge in [0.15, 0.2) is 10.9 Å². The Bertz CT molecular complexity index is 2340. The predicted octanol–water partition coefficient (Wildman–Crippen LogP) is 5.08. The van der Waals surface area contributed by atoms with Gasteiger partial charge < -0.3 is 30.6 Å². The maximum atomic E-state index is 13.4. The Hall–Kier alpha value is -3.95. The van der Waals surface area contributed by atoms with Crippen LogP contribution < -0.4 is 10.9 Å². The summed E-state index contributed by atoms with van der Waals surface area (Å²) in [7, 11) is 0. The van der Waals surface area contributed by atoms with Crippen molar-refractivity contribution in [1.29, 1.82) is 0 Å². The number of aromatic hydroxyl groups is 6. The summed E-state index contributed by atoms with van der Waals surface area (Å²) in [5, 5.41) is 69.6. The third-order valence-corrected chi connectivity index (χ3v) is 8.25. The third kappa shape index (κ3) is 2.43. The van der Waals surface area contributed by atoms with Crippen molar-refractivity contribution < 1.29 is 69.3 Å². The monoisotopic (exact) mass is 663 g/mol. The van der Waals surface area contributed by atoms with E-state index in [2.05, 4.69) is 0 Å². The average Bonchev–Trinajstić information content (AvgIpc) is 2.82. The van der Waals surface area contributed by atoms with Gasteiger partial charge in [-0.1, -0.05) is 0 Å². The zero-order valence-corrected chi connectivity index (χ0v) is 22.3. The number of hydrogen-bond donors (Lipinski definition) is 6. The number of hydrogen-bond acceptors (Lipinski definition) is 8. The summed E-state index contributed by atoms with van der Waals surface area (Å²) < 4.78 is 0. The Labute approximate surface area is 247 Å². The molecule has 8 aromatic carbocycles. The van der Waals surface area contributed by atoms with E-state index in [9.17, 15) is 40.2 Å². The van der Waals surface area contributed by atoms with Gasteiger partial charge in [0.05, 0.1) is 21.5 Å². The summed E-state index contributed by atoms with van der Waals surface area (Å²) in [5.41, 5.74) is 0.175. The maximum Gasteiger partial charge on any atom is 0.190 e. The fourth-order valence-corrected chi connectivity index (χ4v) is 6.98. The van der Waals surface area contributed by atoms with Gasteiger partial charge in [-0.3, -0.25) is 9.59 Å². The Morgan fingerprint density at radius 1 is 0.385 bits per heavy atom. The van der Waals surface area contributed by atoms with E-state index in [-0.39, 0.29) is 81.7 Å². The molecule has 0 amide bonds. The molecule has 8 rings (SSSR count). The molecular formula is C30H16O8Tb. The molecule has 1 radical (unpaired) electrons.